The van der Waals surface area contributed by atoms with Crippen molar-refractivity contribution in [2.24, 2.45) is 0 Å². The molecule has 0 atom stereocenters. The van der Waals surface area contributed by atoms with E-state index in [2.05, 4.69) is 16.9 Å². The standard InChI is InChI=1S/C18H22N2O2.C2H6/c1-18(2,21)14-9-7-13(8-10-14)15-5-3-6-16-17(15)19-11-4-12-22-20-16;1-2/h3,5-10,19-21H,4,11-12H2,1-2H3;1-2H3. The zero-order chi connectivity index (χ0) is 17.6. The molecule has 0 fully saturated rings. The molecule has 1 aliphatic rings. The molecule has 0 aromatic heterocycles. The predicted molar refractivity (Wildman–Crippen MR) is 101 cm³/mol. The van der Waals surface area contributed by atoms with Crippen molar-refractivity contribution in [2.45, 2.75) is 39.7 Å². The summed E-state index contributed by atoms with van der Waals surface area (Å²) in [5.41, 5.74) is 7.33. The summed E-state index contributed by atoms with van der Waals surface area (Å²) in [6.45, 7) is 9.16. The Hall–Kier alpha value is -2.04. The molecule has 0 aliphatic carbocycles. The average Bonchev–Trinajstić information content (AvgIpc) is 2.56. The molecule has 3 N–H and O–H groups in total. The Kier molecular flexibility index (Phi) is 6.23. The summed E-state index contributed by atoms with van der Waals surface area (Å²) in [5.74, 6) is 0. The number of nitrogens with one attached hydrogen (secondary N) is 2. The molecular weight excluding hydrogens is 300 g/mol. The Morgan fingerprint density at radius 2 is 1.75 bits per heavy atom. The van der Waals surface area contributed by atoms with E-state index in [0.29, 0.717) is 6.61 Å². The van der Waals surface area contributed by atoms with Gasteiger partial charge in [-0.1, -0.05) is 50.2 Å². The number of rotatable bonds is 2. The van der Waals surface area contributed by atoms with E-state index in [1.807, 2.05) is 50.2 Å². The second-order valence-corrected chi connectivity index (χ2v) is 6.10. The first-order valence-corrected chi connectivity index (χ1v) is 8.64. The summed E-state index contributed by atoms with van der Waals surface area (Å²) in [4.78, 5) is 5.43. The zero-order valence-electron chi connectivity index (χ0n) is 15.0. The van der Waals surface area contributed by atoms with Crippen LogP contribution in [0.25, 0.3) is 11.1 Å². The van der Waals surface area contributed by atoms with E-state index in [0.717, 1.165) is 41.0 Å². The van der Waals surface area contributed by atoms with E-state index in [4.69, 9.17) is 4.84 Å². The fourth-order valence-electron chi connectivity index (χ4n) is 2.61. The third-order valence-electron chi connectivity index (χ3n) is 3.87. The van der Waals surface area contributed by atoms with Gasteiger partial charge in [-0.05, 0) is 37.5 Å². The molecule has 2 aromatic carbocycles. The van der Waals surface area contributed by atoms with Crippen LogP contribution in [0, 0.1) is 0 Å². The van der Waals surface area contributed by atoms with Crippen molar-refractivity contribution in [3.05, 3.63) is 48.0 Å². The van der Waals surface area contributed by atoms with Crippen LogP contribution >= 0.6 is 0 Å². The third-order valence-corrected chi connectivity index (χ3v) is 3.87. The average molecular weight is 328 g/mol. The van der Waals surface area contributed by atoms with Gasteiger partial charge in [0.25, 0.3) is 0 Å². The third kappa shape index (κ3) is 4.28. The minimum absolute atomic E-state index is 0.691. The topological polar surface area (TPSA) is 53.5 Å². The van der Waals surface area contributed by atoms with Gasteiger partial charge >= 0.3 is 0 Å². The molecule has 0 spiro atoms. The number of para-hydroxylation sites is 1. The van der Waals surface area contributed by atoms with Crippen LogP contribution in [0.2, 0.25) is 0 Å². The van der Waals surface area contributed by atoms with Crippen molar-refractivity contribution in [1.29, 1.82) is 0 Å². The normalized spacial score (nSPS) is 14.0. The van der Waals surface area contributed by atoms with Gasteiger partial charge in [-0.3, -0.25) is 10.3 Å². The van der Waals surface area contributed by atoms with Gasteiger partial charge < -0.3 is 10.4 Å². The molecule has 0 unspecified atom stereocenters. The smallest absolute Gasteiger partial charge is 0.0842 e. The van der Waals surface area contributed by atoms with Gasteiger partial charge in [0, 0.05) is 12.1 Å². The second kappa shape index (κ2) is 8.18. The highest BCUT2D eigenvalue weighted by molar-refractivity contribution is 5.87. The van der Waals surface area contributed by atoms with Gasteiger partial charge in [0.1, 0.15) is 0 Å². The lowest BCUT2D eigenvalue weighted by Gasteiger charge is -2.21. The van der Waals surface area contributed by atoms with Gasteiger partial charge in [0.05, 0.1) is 23.6 Å². The minimum Gasteiger partial charge on any atom is -0.386 e. The van der Waals surface area contributed by atoms with Crippen LogP contribution in [-0.2, 0) is 10.4 Å². The molecule has 1 heterocycles. The van der Waals surface area contributed by atoms with Crippen LogP contribution in [0.15, 0.2) is 42.5 Å². The Morgan fingerprint density at radius 3 is 2.42 bits per heavy atom. The quantitative estimate of drug-likeness (QED) is 0.743. The van der Waals surface area contributed by atoms with Crippen molar-refractivity contribution in [2.75, 3.05) is 23.9 Å². The lowest BCUT2D eigenvalue weighted by molar-refractivity contribution is 0.0786. The molecule has 24 heavy (non-hydrogen) atoms. The molecule has 0 saturated heterocycles. The highest BCUT2D eigenvalue weighted by atomic mass is 16.6. The Labute approximate surface area is 144 Å². The summed E-state index contributed by atoms with van der Waals surface area (Å²) in [5, 5.41) is 13.6. The van der Waals surface area contributed by atoms with Crippen LogP contribution < -0.4 is 10.8 Å². The molecule has 0 saturated carbocycles. The highest BCUT2D eigenvalue weighted by Gasteiger charge is 2.16. The molecule has 0 radical (unpaired) electrons. The lowest BCUT2D eigenvalue weighted by atomic mass is 9.95. The van der Waals surface area contributed by atoms with Crippen molar-refractivity contribution >= 4 is 11.4 Å². The molecular formula is C20H28N2O2. The molecule has 4 nitrogen and oxygen atoms in total. The molecule has 0 bridgehead atoms. The van der Waals surface area contributed by atoms with Gasteiger partial charge in [-0.25, -0.2) is 0 Å². The number of hydrogen-bond acceptors (Lipinski definition) is 4. The van der Waals surface area contributed by atoms with Gasteiger partial charge in [0.2, 0.25) is 0 Å². The first kappa shape index (κ1) is 18.3. The van der Waals surface area contributed by atoms with Gasteiger partial charge in [-0.15, -0.1) is 0 Å². The van der Waals surface area contributed by atoms with E-state index in [1.165, 1.54) is 0 Å². The van der Waals surface area contributed by atoms with Crippen molar-refractivity contribution in [1.82, 2.24) is 0 Å². The largest absolute Gasteiger partial charge is 0.386 e. The van der Waals surface area contributed by atoms with Crippen LogP contribution in [-0.4, -0.2) is 18.3 Å². The van der Waals surface area contributed by atoms with Crippen LogP contribution in [0.3, 0.4) is 0 Å². The highest BCUT2D eigenvalue weighted by Crippen LogP contribution is 2.35. The summed E-state index contributed by atoms with van der Waals surface area (Å²) >= 11 is 0. The van der Waals surface area contributed by atoms with Gasteiger partial charge in [-0.2, -0.15) is 0 Å². The molecule has 130 valence electrons. The Balaban J connectivity index is 0.00000100. The lowest BCUT2D eigenvalue weighted by Crippen LogP contribution is -2.15. The number of anilines is 2. The van der Waals surface area contributed by atoms with Crippen LogP contribution in [0.1, 0.15) is 39.7 Å². The fraction of sp³-hybridized carbons (Fsp3) is 0.400. The minimum atomic E-state index is -0.822. The predicted octanol–water partition coefficient (Wildman–Crippen LogP) is 4.77. The van der Waals surface area contributed by atoms with E-state index in [9.17, 15) is 5.11 Å². The number of fused-ring (bicyclic) bond motifs is 1. The number of benzene rings is 2. The Morgan fingerprint density at radius 1 is 1.04 bits per heavy atom. The molecule has 4 heteroatoms. The molecule has 0 amide bonds. The first-order valence-electron chi connectivity index (χ1n) is 8.64. The summed E-state index contributed by atoms with van der Waals surface area (Å²) in [7, 11) is 0. The first-order chi connectivity index (χ1) is 11.6. The van der Waals surface area contributed by atoms with E-state index >= 15 is 0 Å². The van der Waals surface area contributed by atoms with Crippen molar-refractivity contribution in [3.63, 3.8) is 0 Å². The number of hydrogen-bond donors (Lipinski definition) is 3. The van der Waals surface area contributed by atoms with E-state index < -0.39 is 5.60 Å². The van der Waals surface area contributed by atoms with Crippen molar-refractivity contribution < 1.29 is 9.94 Å². The maximum absolute atomic E-state index is 10.1. The van der Waals surface area contributed by atoms with E-state index in [1.54, 1.807) is 13.8 Å². The van der Waals surface area contributed by atoms with Crippen molar-refractivity contribution in [3.8, 4) is 11.1 Å². The molecule has 1 aliphatic heterocycles. The van der Waals surface area contributed by atoms with Gasteiger partial charge in [0.15, 0.2) is 0 Å². The number of aliphatic hydroxyl groups is 1. The molecule has 3 rings (SSSR count). The second-order valence-electron chi connectivity index (χ2n) is 6.10. The monoisotopic (exact) mass is 328 g/mol. The SMILES string of the molecule is CC.CC(C)(O)c1ccc(-c2cccc3c2NCCCON3)cc1. The molecule has 2 aromatic rings. The van der Waals surface area contributed by atoms with Crippen LogP contribution in [0.5, 0.6) is 0 Å². The maximum atomic E-state index is 10.1. The maximum Gasteiger partial charge on any atom is 0.0842 e. The van der Waals surface area contributed by atoms with Crippen LogP contribution in [0.4, 0.5) is 11.4 Å². The zero-order valence-corrected chi connectivity index (χ0v) is 15.0. The summed E-state index contributed by atoms with van der Waals surface area (Å²) in [6.07, 6.45) is 0.957. The van der Waals surface area contributed by atoms with E-state index in [-0.39, 0.29) is 0 Å². The fourth-order valence-corrected chi connectivity index (χ4v) is 2.61. The summed E-state index contributed by atoms with van der Waals surface area (Å²) < 4.78 is 0. The Bertz CT molecular complexity index is 646. The summed E-state index contributed by atoms with van der Waals surface area (Å²) in [6, 6.07) is 14.1.